The van der Waals surface area contributed by atoms with E-state index in [0.717, 1.165) is 15.7 Å². The van der Waals surface area contributed by atoms with Crippen molar-refractivity contribution in [3.8, 4) is 5.75 Å². The Morgan fingerprint density at radius 3 is 2.31 bits per heavy atom. The van der Waals surface area contributed by atoms with Crippen LogP contribution in [0.15, 0.2) is 88.4 Å². The zero-order chi connectivity index (χ0) is 20.5. The average Bonchev–Trinajstić information content (AvgIpc) is 2.75. The summed E-state index contributed by atoms with van der Waals surface area (Å²) in [5.74, 6) is -0.270. The highest BCUT2D eigenvalue weighted by molar-refractivity contribution is 9.10. The van der Waals surface area contributed by atoms with E-state index in [1.807, 2.05) is 30.3 Å². The maximum Gasteiger partial charge on any atom is 0.343 e. The van der Waals surface area contributed by atoms with Crippen LogP contribution >= 0.6 is 15.9 Å². The van der Waals surface area contributed by atoms with E-state index in [9.17, 15) is 9.59 Å². The van der Waals surface area contributed by atoms with Crippen molar-refractivity contribution in [2.45, 2.75) is 0 Å². The lowest BCUT2D eigenvalue weighted by molar-refractivity contribution is -0.119. The van der Waals surface area contributed by atoms with Crippen LogP contribution in [0, 0.1) is 0 Å². The third-order valence-electron chi connectivity index (χ3n) is 3.80. The SMILES string of the molecule is O=C(CNc1ccccc1)NN=Cc1ccc(OC(=O)c2ccc(Br)cc2)cc1. The molecule has 0 atom stereocenters. The summed E-state index contributed by atoms with van der Waals surface area (Å²) < 4.78 is 6.22. The van der Waals surface area contributed by atoms with Gasteiger partial charge in [0.1, 0.15) is 5.75 Å². The zero-order valence-electron chi connectivity index (χ0n) is 15.3. The van der Waals surface area contributed by atoms with Crippen molar-refractivity contribution in [1.29, 1.82) is 0 Å². The highest BCUT2D eigenvalue weighted by Crippen LogP contribution is 2.15. The summed E-state index contributed by atoms with van der Waals surface area (Å²) in [5.41, 5.74) is 4.53. The Kier molecular flexibility index (Phi) is 7.13. The van der Waals surface area contributed by atoms with Crippen LogP contribution in [0.4, 0.5) is 5.69 Å². The number of hydrazone groups is 1. The van der Waals surface area contributed by atoms with Gasteiger partial charge in [0, 0.05) is 10.2 Å². The quantitative estimate of drug-likeness (QED) is 0.243. The molecule has 1 amide bonds. The topological polar surface area (TPSA) is 79.8 Å². The minimum Gasteiger partial charge on any atom is -0.423 e. The molecule has 3 rings (SSSR count). The van der Waals surface area contributed by atoms with Crippen molar-refractivity contribution in [3.05, 3.63) is 94.5 Å². The van der Waals surface area contributed by atoms with E-state index >= 15 is 0 Å². The van der Waals surface area contributed by atoms with E-state index in [0.29, 0.717) is 11.3 Å². The van der Waals surface area contributed by atoms with E-state index in [1.165, 1.54) is 6.21 Å². The van der Waals surface area contributed by atoms with E-state index in [4.69, 9.17) is 4.74 Å². The van der Waals surface area contributed by atoms with Crippen molar-refractivity contribution in [3.63, 3.8) is 0 Å². The third-order valence-corrected chi connectivity index (χ3v) is 4.33. The molecule has 3 aromatic carbocycles. The normalized spacial score (nSPS) is 10.5. The van der Waals surface area contributed by atoms with Crippen LogP contribution in [-0.4, -0.2) is 24.6 Å². The highest BCUT2D eigenvalue weighted by Gasteiger charge is 2.08. The Bertz CT molecular complexity index is 988. The minimum atomic E-state index is -0.433. The van der Waals surface area contributed by atoms with Crippen LogP contribution < -0.4 is 15.5 Å². The highest BCUT2D eigenvalue weighted by atomic mass is 79.9. The molecule has 0 heterocycles. The number of carbonyl (C=O) groups excluding carboxylic acids is 2. The molecule has 6 nitrogen and oxygen atoms in total. The molecule has 0 aliphatic carbocycles. The molecule has 0 fully saturated rings. The summed E-state index contributed by atoms with van der Waals surface area (Å²) in [6.45, 7) is 0.117. The number of halogens is 1. The van der Waals surface area contributed by atoms with Crippen LogP contribution in [0.5, 0.6) is 5.75 Å². The van der Waals surface area contributed by atoms with Gasteiger partial charge in [0.15, 0.2) is 0 Å². The Morgan fingerprint density at radius 1 is 0.931 bits per heavy atom. The lowest BCUT2D eigenvalue weighted by atomic mass is 10.2. The molecular weight excluding hydrogens is 434 g/mol. The summed E-state index contributed by atoms with van der Waals surface area (Å²) in [7, 11) is 0. The number of esters is 1. The number of benzene rings is 3. The minimum absolute atomic E-state index is 0.117. The lowest BCUT2D eigenvalue weighted by Crippen LogP contribution is -2.25. The maximum absolute atomic E-state index is 12.1. The van der Waals surface area contributed by atoms with Crippen molar-refractivity contribution in [1.82, 2.24) is 5.43 Å². The monoisotopic (exact) mass is 451 g/mol. The fourth-order valence-electron chi connectivity index (χ4n) is 2.33. The molecule has 0 spiro atoms. The number of hydrogen-bond donors (Lipinski definition) is 2. The van der Waals surface area contributed by atoms with E-state index in [-0.39, 0.29) is 12.5 Å². The third kappa shape index (κ3) is 6.58. The molecule has 0 unspecified atom stereocenters. The van der Waals surface area contributed by atoms with Gasteiger partial charge in [-0.05, 0) is 66.2 Å². The molecule has 0 bridgehead atoms. The van der Waals surface area contributed by atoms with Gasteiger partial charge in [0.25, 0.3) is 5.91 Å². The van der Waals surface area contributed by atoms with Crippen LogP contribution in [-0.2, 0) is 4.79 Å². The number of amides is 1. The summed E-state index contributed by atoms with van der Waals surface area (Å²) in [4.78, 5) is 23.9. The van der Waals surface area contributed by atoms with Gasteiger partial charge in [-0.3, -0.25) is 4.79 Å². The Hall–Kier alpha value is -3.45. The summed E-state index contributed by atoms with van der Waals surface area (Å²) in [5, 5.41) is 6.92. The fourth-order valence-corrected chi connectivity index (χ4v) is 2.59. The number of carbonyl (C=O) groups is 2. The van der Waals surface area contributed by atoms with Crippen molar-refractivity contribution < 1.29 is 14.3 Å². The smallest absolute Gasteiger partial charge is 0.343 e. The van der Waals surface area contributed by atoms with Crippen LogP contribution in [0.3, 0.4) is 0 Å². The van der Waals surface area contributed by atoms with Crippen molar-refractivity contribution >= 4 is 39.7 Å². The lowest BCUT2D eigenvalue weighted by Gasteiger charge is -2.05. The van der Waals surface area contributed by atoms with Gasteiger partial charge in [0.05, 0.1) is 18.3 Å². The predicted octanol–water partition coefficient (Wildman–Crippen LogP) is 4.23. The van der Waals surface area contributed by atoms with Gasteiger partial charge in [-0.2, -0.15) is 5.10 Å². The second kappa shape index (κ2) is 10.2. The molecule has 0 aromatic heterocycles. The first-order valence-electron chi connectivity index (χ1n) is 8.79. The van der Waals surface area contributed by atoms with Gasteiger partial charge < -0.3 is 10.1 Å². The molecule has 29 heavy (non-hydrogen) atoms. The largest absolute Gasteiger partial charge is 0.423 e. The number of ether oxygens (including phenoxy) is 1. The number of hydrogen-bond acceptors (Lipinski definition) is 5. The molecule has 0 aliphatic rings. The molecule has 146 valence electrons. The fraction of sp³-hybridized carbons (Fsp3) is 0.0455. The summed E-state index contributed by atoms with van der Waals surface area (Å²) >= 11 is 3.32. The summed E-state index contributed by atoms with van der Waals surface area (Å²) in [6.07, 6.45) is 1.51. The molecule has 2 N–H and O–H groups in total. The first kappa shape index (κ1) is 20.3. The number of rotatable bonds is 7. The second-order valence-electron chi connectivity index (χ2n) is 5.98. The van der Waals surface area contributed by atoms with Gasteiger partial charge in [-0.15, -0.1) is 0 Å². The Labute approximate surface area is 176 Å². The van der Waals surface area contributed by atoms with E-state index in [2.05, 4.69) is 31.8 Å². The molecular formula is C22H18BrN3O3. The first-order valence-corrected chi connectivity index (χ1v) is 9.58. The van der Waals surface area contributed by atoms with E-state index in [1.54, 1.807) is 48.5 Å². The maximum atomic E-state index is 12.1. The van der Waals surface area contributed by atoms with Crippen molar-refractivity contribution in [2.75, 3.05) is 11.9 Å². The van der Waals surface area contributed by atoms with Crippen LogP contribution in [0.25, 0.3) is 0 Å². The molecule has 7 heteroatoms. The number of nitrogens with zero attached hydrogens (tertiary/aromatic N) is 1. The number of anilines is 1. The van der Waals surface area contributed by atoms with E-state index < -0.39 is 5.97 Å². The molecule has 0 radical (unpaired) electrons. The second-order valence-corrected chi connectivity index (χ2v) is 6.89. The first-order chi connectivity index (χ1) is 14.1. The summed E-state index contributed by atoms with van der Waals surface area (Å²) in [6, 6.07) is 23.2. The standard InChI is InChI=1S/C22H18BrN3O3/c23-18-10-8-17(9-11-18)22(28)29-20-12-6-16(7-13-20)14-25-26-21(27)15-24-19-4-2-1-3-5-19/h1-14,24H,15H2,(H,26,27). The average molecular weight is 452 g/mol. The molecule has 3 aromatic rings. The predicted molar refractivity (Wildman–Crippen MR) is 116 cm³/mol. The number of nitrogens with one attached hydrogen (secondary N) is 2. The van der Waals surface area contributed by atoms with Crippen molar-refractivity contribution in [2.24, 2.45) is 5.10 Å². The van der Waals surface area contributed by atoms with Crippen LogP contribution in [0.1, 0.15) is 15.9 Å². The Morgan fingerprint density at radius 2 is 1.62 bits per heavy atom. The van der Waals surface area contributed by atoms with Gasteiger partial charge >= 0.3 is 5.97 Å². The Balaban J connectivity index is 1.46. The molecule has 0 saturated heterocycles. The molecule has 0 aliphatic heterocycles. The van der Waals surface area contributed by atoms with Gasteiger partial charge in [-0.1, -0.05) is 34.1 Å². The zero-order valence-corrected chi connectivity index (χ0v) is 16.9. The van der Waals surface area contributed by atoms with Gasteiger partial charge in [-0.25, -0.2) is 10.2 Å². The van der Waals surface area contributed by atoms with Gasteiger partial charge in [0.2, 0.25) is 0 Å². The number of para-hydroxylation sites is 1. The van der Waals surface area contributed by atoms with Crippen LogP contribution in [0.2, 0.25) is 0 Å². The molecule has 0 saturated carbocycles.